The lowest BCUT2D eigenvalue weighted by atomic mass is 10.3. The van der Waals surface area contributed by atoms with Gasteiger partial charge in [0, 0.05) is 31.7 Å². The molecule has 1 aromatic carbocycles. The van der Waals surface area contributed by atoms with Crippen LogP contribution in [0.15, 0.2) is 41.6 Å². The number of nitrogens with two attached hydrogens (primary N) is 1. The van der Waals surface area contributed by atoms with E-state index in [4.69, 9.17) is 17.3 Å². The van der Waals surface area contributed by atoms with Crippen LogP contribution in [0.25, 0.3) is 0 Å². The van der Waals surface area contributed by atoms with E-state index >= 15 is 0 Å². The molecular weight excluding hydrogens is 317 g/mol. The molecule has 0 saturated heterocycles. The highest BCUT2D eigenvalue weighted by atomic mass is 35.5. The van der Waals surface area contributed by atoms with Crippen molar-refractivity contribution in [1.82, 2.24) is 9.29 Å². The van der Waals surface area contributed by atoms with Crippen LogP contribution in [0.4, 0.5) is 10.1 Å². The highest BCUT2D eigenvalue weighted by molar-refractivity contribution is 7.89. The SMILES string of the molecule is CN(Cc1cccnc1)S(=O)(=O)c1cc(N)cc(Cl)c1F. The molecule has 0 unspecified atom stereocenters. The lowest BCUT2D eigenvalue weighted by Crippen LogP contribution is -2.27. The number of nitrogens with zero attached hydrogens (tertiary/aromatic N) is 2. The highest BCUT2D eigenvalue weighted by Gasteiger charge is 2.26. The second-order valence-electron chi connectivity index (χ2n) is 4.44. The van der Waals surface area contributed by atoms with E-state index in [1.807, 2.05) is 0 Å². The molecule has 0 aliphatic rings. The van der Waals surface area contributed by atoms with Crippen LogP contribution in [0.1, 0.15) is 5.56 Å². The number of nitrogen functional groups attached to an aromatic ring is 1. The van der Waals surface area contributed by atoms with E-state index < -0.39 is 20.7 Å². The Kier molecular flexibility index (Phi) is 4.46. The van der Waals surface area contributed by atoms with Crippen molar-refractivity contribution in [1.29, 1.82) is 0 Å². The van der Waals surface area contributed by atoms with Gasteiger partial charge in [0.2, 0.25) is 10.0 Å². The normalized spacial score (nSPS) is 11.8. The van der Waals surface area contributed by atoms with Crippen LogP contribution < -0.4 is 5.73 Å². The van der Waals surface area contributed by atoms with Crippen LogP contribution in [0, 0.1) is 5.82 Å². The summed E-state index contributed by atoms with van der Waals surface area (Å²) in [6.45, 7) is 0.0576. The molecule has 0 bridgehead atoms. The predicted molar refractivity (Wildman–Crippen MR) is 78.7 cm³/mol. The van der Waals surface area contributed by atoms with Gasteiger partial charge in [-0.2, -0.15) is 4.31 Å². The van der Waals surface area contributed by atoms with E-state index in [0.717, 1.165) is 16.4 Å². The van der Waals surface area contributed by atoms with Gasteiger partial charge in [-0.05, 0) is 23.8 Å². The number of sulfonamides is 1. The lowest BCUT2D eigenvalue weighted by molar-refractivity contribution is 0.459. The zero-order chi connectivity index (χ0) is 15.6. The molecule has 0 fully saturated rings. The van der Waals surface area contributed by atoms with Crippen LogP contribution >= 0.6 is 11.6 Å². The Morgan fingerprint density at radius 1 is 1.43 bits per heavy atom. The van der Waals surface area contributed by atoms with Crippen LogP contribution in [0.3, 0.4) is 0 Å². The average molecular weight is 330 g/mol. The van der Waals surface area contributed by atoms with E-state index in [1.165, 1.54) is 13.2 Å². The standard InChI is InChI=1S/C13H13ClFN3O2S/c1-18(8-9-3-2-4-17-7-9)21(19,20)12-6-10(16)5-11(14)13(12)15/h2-7H,8,16H2,1H3. The van der Waals surface area contributed by atoms with E-state index in [1.54, 1.807) is 18.3 Å². The first-order chi connectivity index (χ1) is 9.82. The molecule has 0 amide bonds. The fraction of sp³-hybridized carbons (Fsp3) is 0.154. The van der Waals surface area contributed by atoms with E-state index in [9.17, 15) is 12.8 Å². The summed E-state index contributed by atoms with van der Waals surface area (Å²) >= 11 is 5.64. The molecule has 8 heteroatoms. The Bertz CT molecular complexity index is 754. The topological polar surface area (TPSA) is 76.3 Å². The summed E-state index contributed by atoms with van der Waals surface area (Å²) in [7, 11) is -2.70. The average Bonchev–Trinajstić information content (AvgIpc) is 2.43. The van der Waals surface area contributed by atoms with Crippen LogP contribution in [-0.2, 0) is 16.6 Å². The molecule has 0 aliphatic heterocycles. The van der Waals surface area contributed by atoms with Gasteiger partial charge < -0.3 is 5.73 Å². The highest BCUT2D eigenvalue weighted by Crippen LogP contribution is 2.28. The van der Waals surface area contributed by atoms with E-state index in [2.05, 4.69) is 4.98 Å². The van der Waals surface area contributed by atoms with Crippen molar-refractivity contribution in [3.05, 3.63) is 53.1 Å². The van der Waals surface area contributed by atoms with Crippen molar-refractivity contribution in [2.75, 3.05) is 12.8 Å². The summed E-state index contributed by atoms with van der Waals surface area (Å²) in [6.07, 6.45) is 3.12. The Balaban J connectivity index is 2.38. The van der Waals surface area contributed by atoms with Gasteiger partial charge in [-0.1, -0.05) is 17.7 Å². The maximum absolute atomic E-state index is 14.0. The summed E-state index contributed by atoms with van der Waals surface area (Å²) in [5.41, 5.74) is 6.29. The third kappa shape index (κ3) is 3.31. The molecule has 112 valence electrons. The smallest absolute Gasteiger partial charge is 0.246 e. The van der Waals surface area contributed by atoms with Gasteiger partial charge in [-0.15, -0.1) is 0 Å². The number of hydrogen-bond donors (Lipinski definition) is 1. The number of rotatable bonds is 4. The Hall–Kier alpha value is -1.70. The summed E-state index contributed by atoms with van der Waals surface area (Å²) in [6, 6.07) is 5.63. The fourth-order valence-corrected chi connectivity index (χ4v) is 3.33. The largest absolute Gasteiger partial charge is 0.399 e. The van der Waals surface area contributed by atoms with Gasteiger partial charge in [0.05, 0.1) is 5.02 Å². The molecule has 2 N–H and O–H groups in total. The van der Waals surface area contributed by atoms with Crippen LogP contribution in [-0.4, -0.2) is 24.8 Å². The molecule has 2 aromatic rings. The van der Waals surface area contributed by atoms with Crippen molar-refractivity contribution >= 4 is 27.3 Å². The number of benzene rings is 1. The molecule has 1 aromatic heterocycles. The molecule has 0 radical (unpaired) electrons. The van der Waals surface area contributed by atoms with Gasteiger partial charge in [0.15, 0.2) is 5.82 Å². The number of anilines is 1. The van der Waals surface area contributed by atoms with Gasteiger partial charge in [-0.25, -0.2) is 12.8 Å². The molecule has 0 atom stereocenters. The maximum Gasteiger partial charge on any atom is 0.246 e. The van der Waals surface area contributed by atoms with Crippen molar-refractivity contribution in [3.8, 4) is 0 Å². The summed E-state index contributed by atoms with van der Waals surface area (Å²) in [5.74, 6) is -1.01. The molecular formula is C13H13ClFN3O2S. The number of halogens is 2. The number of aromatic nitrogens is 1. The molecule has 0 saturated carbocycles. The quantitative estimate of drug-likeness (QED) is 0.873. The van der Waals surface area contributed by atoms with Gasteiger partial charge in [-0.3, -0.25) is 4.98 Å². The Labute approximate surface area is 127 Å². The molecule has 1 heterocycles. The minimum atomic E-state index is -4.05. The monoisotopic (exact) mass is 329 g/mol. The molecule has 21 heavy (non-hydrogen) atoms. The first-order valence-electron chi connectivity index (χ1n) is 5.92. The Morgan fingerprint density at radius 2 is 2.14 bits per heavy atom. The second-order valence-corrected chi connectivity index (χ2v) is 6.86. The van der Waals surface area contributed by atoms with Gasteiger partial charge >= 0.3 is 0 Å². The zero-order valence-corrected chi connectivity index (χ0v) is 12.7. The van der Waals surface area contributed by atoms with Crippen LogP contribution in [0.2, 0.25) is 5.02 Å². The maximum atomic E-state index is 14.0. The predicted octanol–water partition coefficient (Wildman–Crippen LogP) is 2.28. The van der Waals surface area contributed by atoms with Crippen LogP contribution in [0.5, 0.6) is 0 Å². The van der Waals surface area contributed by atoms with E-state index in [0.29, 0.717) is 5.56 Å². The Morgan fingerprint density at radius 3 is 2.76 bits per heavy atom. The molecule has 5 nitrogen and oxygen atoms in total. The minimum absolute atomic E-state index is 0.0576. The third-order valence-corrected chi connectivity index (χ3v) is 4.91. The fourth-order valence-electron chi connectivity index (χ4n) is 1.77. The summed E-state index contributed by atoms with van der Waals surface area (Å²) < 4.78 is 39.8. The van der Waals surface area contributed by atoms with E-state index in [-0.39, 0.29) is 17.3 Å². The zero-order valence-electron chi connectivity index (χ0n) is 11.1. The summed E-state index contributed by atoms with van der Waals surface area (Å²) in [5, 5.41) is -0.330. The summed E-state index contributed by atoms with van der Waals surface area (Å²) in [4.78, 5) is 3.36. The van der Waals surface area contributed by atoms with Gasteiger partial charge in [0.1, 0.15) is 4.90 Å². The van der Waals surface area contributed by atoms with Crippen molar-refractivity contribution in [2.24, 2.45) is 0 Å². The minimum Gasteiger partial charge on any atom is -0.399 e. The van der Waals surface area contributed by atoms with Gasteiger partial charge in [0.25, 0.3) is 0 Å². The van der Waals surface area contributed by atoms with Crippen molar-refractivity contribution < 1.29 is 12.8 Å². The number of pyridine rings is 1. The second kappa shape index (κ2) is 5.97. The molecule has 0 spiro atoms. The third-order valence-electron chi connectivity index (χ3n) is 2.83. The molecule has 0 aliphatic carbocycles. The first kappa shape index (κ1) is 15.7. The number of hydrogen-bond acceptors (Lipinski definition) is 4. The molecule has 2 rings (SSSR count). The lowest BCUT2D eigenvalue weighted by Gasteiger charge is -2.18. The van der Waals surface area contributed by atoms with Crippen molar-refractivity contribution in [3.63, 3.8) is 0 Å². The first-order valence-corrected chi connectivity index (χ1v) is 7.74. The van der Waals surface area contributed by atoms with Crippen molar-refractivity contribution in [2.45, 2.75) is 11.4 Å².